The van der Waals surface area contributed by atoms with Crippen LogP contribution in [-0.4, -0.2) is 93.6 Å². The van der Waals surface area contributed by atoms with Crippen LogP contribution in [0.15, 0.2) is 56.8 Å². The molecule has 300 valence electrons. The van der Waals surface area contributed by atoms with Gasteiger partial charge in [-0.3, -0.25) is 0 Å². The third-order valence-electron chi connectivity index (χ3n) is 11.5. The monoisotopic (exact) mass is 842 g/mol. The van der Waals surface area contributed by atoms with Crippen molar-refractivity contribution in [3.63, 3.8) is 0 Å². The van der Waals surface area contributed by atoms with E-state index in [4.69, 9.17) is 67.1 Å². The van der Waals surface area contributed by atoms with E-state index < -0.39 is 0 Å². The Bertz CT molecular complexity index is 1890. The summed E-state index contributed by atoms with van der Waals surface area (Å²) in [5.74, 6) is 2.84. The van der Waals surface area contributed by atoms with Crippen molar-refractivity contribution in [2.24, 2.45) is 22.3 Å². The maximum atomic E-state index is 6.39. The number of hydrogen-bond acceptors (Lipinski definition) is 18. The van der Waals surface area contributed by atoms with Crippen LogP contribution in [0.5, 0.6) is 0 Å². The van der Waals surface area contributed by atoms with Crippen molar-refractivity contribution >= 4 is 81.6 Å². The highest BCUT2D eigenvalue weighted by Gasteiger charge is 2.48. The van der Waals surface area contributed by atoms with Crippen LogP contribution in [0, 0.1) is 10.8 Å². The molecule has 4 unspecified atom stereocenters. The minimum Gasteiger partial charge on any atom is -0.382 e. The van der Waals surface area contributed by atoms with E-state index >= 15 is 0 Å². The van der Waals surface area contributed by atoms with Crippen molar-refractivity contribution in [2.45, 2.75) is 83.7 Å². The fraction of sp³-hybridized carbons (Fsp3) is 0.500. The van der Waals surface area contributed by atoms with Gasteiger partial charge in [0.1, 0.15) is 33.3 Å². The quantitative estimate of drug-likeness (QED) is 0.158. The molecule has 4 aromatic heterocycles. The first kappa shape index (κ1) is 40.6. The highest BCUT2D eigenvalue weighted by Crippen LogP contribution is 2.44. The van der Waals surface area contributed by atoms with Crippen LogP contribution in [0.4, 0.5) is 34.9 Å². The minimum atomic E-state index is 0.0721. The molecule has 4 aromatic rings. The second-order valence-corrected chi connectivity index (χ2v) is 17.7. The van der Waals surface area contributed by atoms with Gasteiger partial charge in [-0.05, 0) is 51.7 Å². The number of nitrogens with two attached hydrogens (primary N) is 6. The van der Waals surface area contributed by atoms with Gasteiger partial charge in [0.05, 0.1) is 47.9 Å². The molecule has 4 fully saturated rings. The van der Waals surface area contributed by atoms with Gasteiger partial charge in [-0.25, -0.2) is 29.9 Å². The predicted octanol–water partition coefficient (Wildman–Crippen LogP) is 4.35. The Morgan fingerprint density at radius 3 is 1.32 bits per heavy atom. The van der Waals surface area contributed by atoms with Crippen molar-refractivity contribution in [2.75, 3.05) is 72.1 Å². The first-order chi connectivity index (χ1) is 26.8. The van der Waals surface area contributed by atoms with Gasteiger partial charge in [0.25, 0.3) is 0 Å². The third kappa shape index (κ3) is 8.20. The van der Waals surface area contributed by atoms with Crippen LogP contribution in [0.1, 0.15) is 39.5 Å². The lowest BCUT2D eigenvalue weighted by Gasteiger charge is -2.41. The normalized spacial score (nSPS) is 24.0. The first-order valence-corrected chi connectivity index (χ1v) is 20.8. The molecule has 4 aliphatic rings. The molecule has 12 N–H and O–H groups in total. The number of piperidine rings is 2. The zero-order valence-electron chi connectivity index (χ0n) is 31.3. The first-order valence-electron chi connectivity index (χ1n) is 18.4. The van der Waals surface area contributed by atoms with Gasteiger partial charge in [-0.1, -0.05) is 46.7 Å². The summed E-state index contributed by atoms with van der Waals surface area (Å²) < 4.78 is 11.6. The van der Waals surface area contributed by atoms with E-state index in [0.29, 0.717) is 31.7 Å². The van der Waals surface area contributed by atoms with Crippen LogP contribution < -0.4 is 44.2 Å². The van der Waals surface area contributed by atoms with Gasteiger partial charge < -0.3 is 53.7 Å². The molecule has 56 heavy (non-hydrogen) atoms. The molecule has 16 nitrogen and oxygen atoms in total. The lowest BCUT2D eigenvalue weighted by Crippen LogP contribution is -2.50. The lowest BCUT2D eigenvalue weighted by molar-refractivity contribution is 0.0973. The maximum absolute atomic E-state index is 6.39. The fourth-order valence-corrected chi connectivity index (χ4v) is 9.81. The molecule has 0 bridgehead atoms. The van der Waals surface area contributed by atoms with E-state index in [9.17, 15) is 0 Å². The molecule has 0 saturated carbocycles. The Labute approximate surface area is 344 Å². The van der Waals surface area contributed by atoms with Gasteiger partial charge in [0.15, 0.2) is 11.6 Å². The summed E-state index contributed by atoms with van der Waals surface area (Å²) in [7, 11) is 0. The molecule has 8 rings (SSSR count). The number of rotatable bonds is 6. The summed E-state index contributed by atoms with van der Waals surface area (Å²) >= 11 is 15.1. The Hall–Kier alpha value is -3.62. The average Bonchev–Trinajstić information content (AvgIpc) is 3.62. The van der Waals surface area contributed by atoms with Crippen molar-refractivity contribution in [1.82, 2.24) is 29.9 Å². The smallest absolute Gasteiger partial charge is 0.158 e. The molecule has 20 heteroatoms. The summed E-state index contributed by atoms with van der Waals surface area (Å²) in [6.07, 6.45) is 10.8. The number of ether oxygens (including phenoxy) is 2. The van der Waals surface area contributed by atoms with Gasteiger partial charge in [-0.2, -0.15) is 0 Å². The van der Waals surface area contributed by atoms with Crippen LogP contribution in [0.3, 0.4) is 0 Å². The van der Waals surface area contributed by atoms with Gasteiger partial charge >= 0.3 is 0 Å². The van der Waals surface area contributed by atoms with E-state index in [0.717, 1.165) is 86.5 Å². The van der Waals surface area contributed by atoms with E-state index in [1.165, 1.54) is 23.5 Å². The Balaban J connectivity index is 0.000000172. The Morgan fingerprint density at radius 2 is 1.00 bits per heavy atom. The lowest BCUT2D eigenvalue weighted by atomic mass is 9.73. The van der Waals surface area contributed by atoms with Crippen molar-refractivity contribution < 1.29 is 9.47 Å². The van der Waals surface area contributed by atoms with E-state index in [1.54, 1.807) is 36.9 Å². The van der Waals surface area contributed by atoms with Crippen LogP contribution in [0.25, 0.3) is 0 Å². The number of nitrogens with zero attached hydrogens (tertiary/aromatic N) is 8. The summed E-state index contributed by atoms with van der Waals surface area (Å²) in [5.41, 5.74) is 36.8. The average molecular weight is 844 g/mol. The zero-order valence-corrected chi connectivity index (χ0v) is 34.4. The molecule has 0 amide bonds. The Kier molecular flexibility index (Phi) is 12.1. The van der Waals surface area contributed by atoms with Crippen molar-refractivity contribution in [3.8, 4) is 0 Å². The second-order valence-electron chi connectivity index (χ2n) is 14.8. The van der Waals surface area contributed by atoms with E-state index in [2.05, 4.69) is 53.6 Å². The third-order valence-corrected chi connectivity index (χ3v) is 14.7. The zero-order chi connectivity index (χ0) is 39.8. The largest absolute Gasteiger partial charge is 0.382 e. The summed E-state index contributed by atoms with van der Waals surface area (Å²) in [5, 5.41) is 1.96. The van der Waals surface area contributed by atoms with E-state index in [-0.39, 0.29) is 46.8 Å². The molecule has 8 heterocycles. The van der Waals surface area contributed by atoms with Gasteiger partial charge in [0, 0.05) is 71.3 Å². The summed E-state index contributed by atoms with van der Waals surface area (Å²) in [4.78, 5) is 31.9. The number of anilines is 6. The maximum Gasteiger partial charge on any atom is 0.158 e. The molecule has 4 atom stereocenters. The highest BCUT2D eigenvalue weighted by molar-refractivity contribution is 7.99. The standard InChI is InChI=1S/2C18H24ClN7OS/c2*1-10-14(20)18(9-27-10)3-6-26(7-4-18)12-8-24-17(16(22)25-12)28-11-2-5-23-15(21)13(11)19/h2*2,5,8,10,14H,3-4,6-7,9,20H2,1H3,(H2,21,23)(H2,22,25). The second kappa shape index (κ2) is 16.7. The van der Waals surface area contributed by atoms with Crippen LogP contribution >= 0.6 is 46.7 Å². The fourth-order valence-electron chi connectivity index (χ4n) is 7.78. The highest BCUT2D eigenvalue weighted by atomic mass is 35.5. The minimum absolute atomic E-state index is 0.0721. The molecular formula is C36H48Cl2N14O2S2. The summed E-state index contributed by atoms with van der Waals surface area (Å²) in [6, 6.07) is 3.72. The molecular weight excluding hydrogens is 796 g/mol. The van der Waals surface area contributed by atoms with Crippen LogP contribution in [-0.2, 0) is 9.47 Å². The van der Waals surface area contributed by atoms with Crippen molar-refractivity contribution in [3.05, 3.63) is 47.0 Å². The molecule has 4 aliphatic heterocycles. The van der Waals surface area contributed by atoms with E-state index in [1.807, 2.05) is 0 Å². The van der Waals surface area contributed by atoms with Gasteiger partial charge in [0.2, 0.25) is 0 Å². The topological polar surface area (TPSA) is 258 Å². The molecule has 4 saturated heterocycles. The molecule has 0 radical (unpaired) electrons. The van der Waals surface area contributed by atoms with Gasteiger partial charge in [-0.15, -0.1) is 0 Å². The number of aromatic nitrogens is 6. The molecule has 0 aliphatic carbocycles. The summed E-state index contributed by atoms with van der Waals surface area (Å²) in [6.45, 7) is 9.02. The number of nitrogen functional groups attached to an aromatic ring is 4. The molecule has 0 aromatic carbocycles. The number of hydrogen-bond donors (Lipinski definition) is 6. The molecule has 2 spiro atoms. The van der Waals surface area contributed by atoms with Crippen molar-refractivity contribution in [1.29, 1.82) is 0 Å². The Morgan fingerprint density at radius 1 is 0.625 bits per heavy atom. The number of halogens is 2. The van der Waals surface area contributed by atoms with Crippen LogP contribution in [0.2, 0.25) is 10.0 Å². The SMILES string of the molecule is CC1OCC2(CCN(c3cnc(Sc4ccnc(N)c4Cl)c(N)n3)CC2)C1N.CC1OCC2(CCN(c3cnc(Sc4ccnc(N)c4Cl)c(N)n3)CC2)C1N. The number of pyridine rings is 2. The predicted molar refractivity (Wildman–Crippen MR) is 223 cm³/mol.